The van der Waals surface area contributed by atoms with Crippen molar-refractivity contribution in [3.63, 3.8) is 0 Å². The zero-order valence-corrected chi connectivity index (χ0v) is 11.3. The van der Waals surface area contributed by atoms with Crippen LogP contribution in [0, 0.1) is 0 Å². The summed E-state index contributed by atoms with van der Waals surface area (Å²) in [5, 5.41) is 12.4. The lowest BCUT2D eigenvalue weighted by molar-refractivity contribution is 0.0697. The average molecular weight is 297 g/mol. The first kappa shape index (κ1) is 13.7. The van der Waals surface area contributed by atoms with Crippen LogP contribution in [-0.2, 0) is 6.54 Å². The Morgan fingerprint density at radius 1 is 1.27 bits per heavy atom. The number of carboxylic acid groups (broad SMARTS) is 1. The Morgan fingerprint density at radius 2 is 2.14 bits per heavy atom. The van der Waals surface area contributed by atoms with Crippen molar-refractivity contribution in [1.82, 2.24) is 15.3 Å². The number of carbonyl (C=O) groups is 2. The van der Waals surface area contributed by atoms with Crippen molar-refractivity contribution < 1.29 is 19.1 Å². The lowest BCUT2D eigenvalue weighted by atomic mass is 10.1. The number of aromatic carboxylic acids is 1. The van der Waals surface area contributed by atoms with Gasteiger partial charge in [0, 0.05) is 17.8 Å². The Morgan fingerprint density at radius 3 is 2.86 bits per heavy atom. The molecule has 0 atom stereocenters. The summed E-state index contributed by atoms with van der Waals surface area (Å²) in [6, 6.07) is 6.55. The first-order chi connectivity index (χ1) is 10.6. The largest absolute Gasteiger partial charge is 0.478 e. The average Bonchev–Trinajstić information content (AvgIpc) is 2.96. The van der Waals surface area contributed by atoms with E-state index in [1.165, 1.54) is 24.7 Å². The van der Waals surface area contributed by atoms with E-state index < -0.39 is 5.97 Å². The smallest absolute Gasteiger partial charge is 0.339 e. The molecule has 7 heteroatoms. The summed E-state index contributed by atoms with van der Waals surface area (Å²) < 4.78 is 5.52. The number of amides is 1. The molecule has 110 valence electrons. The predicted molar refractivity (Wildman–Crippen MR) is 76.4 cm³/mol. The van der Waals surface area contributed by atoms with Crippen LogP contribution in [0.5, 0.6) is 0 Å². The second kappa shape index (κ2) is 5.65. The molecule has 2 heterocycles. The highest BCUT2D eigenvalue weighted by molar-refractivity contribution is 6.01. The third kappa shape index (κ3) is 2.64. The van der Waals surface area contributed by atoms with Gasteiger partial charge in [-0.2, -0.15) is 0 Å². The second-order valence-electron chi connectivity index (χ2n) is 4.52. The monoisotopic (exact) mass is 297 g/mol. The number of nitrogens with one attached hydrogen (secondary N) is 1. The number of para-hydroxylation sites is 1. The fourth-order valence-corrected chi connectivity index (χ4v) is 2.05. The number of aromatic nitrogens is 2. The predicted octanol–water partition coefficient (Wildman–Crippen LogP) is 1.85. The van der Waals surface area contributed by atoms with Crippen molar-refractivity contribution in [3.05, 3.63) is 59.9 Å². The lowest BCUT2D eigenvalue weighted by Gasteiger charge is -2.01. The number of nitrogens with zero attached hydrogens (tertiary/aromatic N) is 2. The summed E-state index contributed by atoms with van der Waals surface area (Å²) in [6.07, 6.45) is 4.26. The first-order valence-corrected chi connectivity index (χ1v) is 6.44. The van der Waals surface area contributed by atoms with Gasteiger partial charge in [0.2, 0.25) is 0 Å². The molecule has 3 aromatic rings. The van der Waals surface area contributed by atoms with Gasteiger partial charge in [0.25, 0.3) is 5.91 Å². The molecule has 2 aromatic heterocycles. The number of hydrogen-bond acceptors (Lipinski definition) is 5. The number of carbonyl (C=O) groups excluding carboxylic acids is 1. The Hall–Kier alpha value is -3.22. The van der Waals surface area contributed by atoms with E-state index in [1.807, 2.05) is 0 Å². The van der Waals surface area contributed by atoms with E-state index in [9.17, 15) is 9.59 Å². The van der Waals surface area contributed by atoms with Crippen molar-refractivity contribution >= 4 is 22.8 Å². The van der Waals surface area contributed by atoms with Crippen LogP contribution in [-0.4, -0.2) is 27.0 Å². The van der Waals surface area contributed by atoms with Crippen LogP contribution < -0.4 is 5.32 Å². The maximum Gasteiger partial charge on any atom is 0.339 e. The Balaban J connectivity index is 1.79. The standard InChI is InChI=1S/C15H11N3O4/c19-14(12-8-16-4-5-17-12)18-7-10-6-9-2-1-3-11(15(20)21)13(9)22-10/h1-6,8H,7H2,(H,18,19)(H,20,21). The van der Waals surface area contributed by atoms with Crippen molar-refractivity contribution in [2.75, 3.05) is 0 Å². The fourth-order valence-electron chi connectivity index (χ4n) is 2.05. The van der Waals surface area contributed by atoms with Gasteiger partial charge >= 0.3 is 5.97 Å². The minimum atomic E-state index is -1.06. The van der Waals surface area contributed by atoms with Crippen LogP contribution in [0.3, 0.4) is 0 Å². The molecule has 0 fully saturated rings. The van der Waals surface area contributed by atoms with E-state index in [-0.39, 0.29) is 23.7 Å². The highest BCUT2D eigenvalue weighted by Crippen LogP contribution is 2.23. The first-order valence-electron chi connectivity index (χ1n) is 6.44. The molecule has 22 heavy (non-hydrogen) atoms. The molecule has 0 spiro atoms. The van der Waals surface area contributed by atoms with Crippen molar-refractivity contribution in [2.45, 2.75) is 6.54 Å². The number of fused-ring (bicyclic) bond motifs is 1. The van der Waals surface area contributed by atoms with Crippen LogP contribution >= 0.6 is 0 Å². The zero-order chi connectivity index (χ0) is 15.5. The molecule has 0 saturated carbocycles. The van der Waals surface area contributed by atoms with Gasteiger partial charge in [-0.1, -0.05) is 12.1 Å². The molecule has 7 nitrogen and oxygen atoms in total. The van der Waals surface area contributed by atoms with E-state index in [4.69, 9.17) is 9.52 Å². The zero-order valence-electron chi connectivity index (χ0n) is 11.3. The van der Waals surface area contributed by atoms with Crippen molar-refractivity contribution in [1.29, 1.82) is 0 Å². The Kier molecular flexibility index (Phi) is 3.53. The van der Waals surface area contributed by atoms with Gasteiger partial charge in [-0.15, -0.1) is 0 Å². The molecule has 1 aromatic carbocycles. The minimum absolute atomic E-state index is 0.0870. The number of benzene rings is 1. The summed E-state index contributed by atoms with van der Waals surface area (Å²) in [5.41, 5.74) is 0.576. The summed E-state index contributed by atoms with van der Waals surface area (Å²) in [7, 11) is 0. The number of rotatable bonds is 4. The van der Waals surface area contributed by atoms with Gasteiger partial charge in [-0.3, -0.25) is 9.78 Å². The number of furan rings is 1. The maximum atomic E-state index is 11.9. The molecule has 0 aliphatic carbocycles. The molecule has 0 saturated heterocycles. The van der Waals surface area contributed by atoms with Crippen molar-refractivity contribution in [3.8, 4) is 0 Å². The van der Waals surface area contributed by atoms with Gasteiger partial charge in [0.1, 0.15) is 22.6 Å². The fraction of sp³-hybridized carbons (Fsp3) is 0.0667. The van der Waals surface area contributed by atoms with Crippen LogP contribution in [0.2, 0.25) is 0 Å². The lowest BCUT2D eigenvalue weighted by Crippen LogP contribution is -2.23. The molecule has 0 aliphatic heterocycles. The van der Waals surface area contributed by atoms with Gasteiger partial charge in [-0.25, -0.2) is 9.78 Å². The SMILES string of the molecule is O=C(NCc1cc2cccc(C(=O)O)c2o1)c1cnccn1. The summed E-state index contributed by atoms with van der Waals surface area (Å²) in [5.74, 6) is -0.983. The molecule has 0 unspecified atom stereocenters. The van der Waals surface area contributed by atoms with Crippen molar-refractivity contribution in [2.24, 2.45) is 0 Å². The maximum absolute atomic E-state index is 11.9. The van der Waals surface area contributed by atoms with Gasteiger partial charge in [0.05, 0.1) is 12.7 Å². The minimum Gasteiger partial charge on any atom is -0.478 e. The molecular formula is C15H11N3O4. The van der Waals surface area contributed by atoms with E-state index >= 15 is 0 Å². The van der Waals surface area contributed by atoms with Crippen LogP contribution in [0.15, 0.2) is 47.3 Å². The number of hydrogen-bond donors (Lipinski definition) is 2. The van der Waals surface area contributed by atoms with Crippen LogP contribution in [0.1, 0.15) is 26.6 Å². The van der Waals surface area contributed by atoms with E-state index in [2.05, 4.69) is 15.3 Å². The highest BCUT2D eigenvalue weighted by Gasteiger charge is 2.14. The Labute approximate surface area is 124 Å². The molecule has 1 amide bonds. The van der Waals surface area contributed by atoms with Crippen LogP contribution in [0.25, 0.3) is 11.0 Å². The molecule has 0 bridgehead atoms. The van der Waals surface area contributed by atoms with Gasteiger partial charge < -0.3 is 14.8 Å². The molecule has 2 N–H and O–H groups in total. The molecule has 3 rings (SSSR count). The second-order valence-corrected chi connectivity index (χ2v) is 4.52. The van der Waals surface area contributed by atoms with E-state index in [1.54, 1.807) is 18.2 Å². The third-order valence-electron chi connectivity index (χ3n) is 3.04. The topological polar surface area (TPSA) is 105 Å². The summed E-state index contributed by atoms with van der Waals surface area (Å²) in [4.78, 5) is 30.7. The molecular weight excluding hydrogens is 286 g/mol. The van der Waals surface area contributed by atoms with E-state index in [0.29, 0.717) is 16.7 Å². The summed E-state index contributed by atoms with van der Waals surface area (Å²) >= 11 is 0. The Bertz CT molecular complexity index is 842. The number of carboxylic acids is 1. The van der Waals surface area contributed by atoms with Crippen LogP contribution in [0.4, 0.5) is 0 Å². The van der Waals surface area contributed by atoms with Gasteiger partial charge in [0.15, 0.2) is 0 Å². The molecule has 0 radical (unpaired) electrons. The summed E-state index contributed by atoms with van der Waals surface area (Å²) in [6.45, 7) is 0.128. The van der Waals surface area contributed by atoms with E-state index in [0.717, 1.165) is 0 Å². The molecule has 0 aliphatic rings. The third-order valence-corrected chi connectivity index (χ3v) is 3.04. The van der Waals surface area contributed by atoms with Gasteiger partial charge in [-0.05, 0) is 12.1 Å². The highest BCUT2D eigenvalue weighted by atomic mass is 16.4. The normalized spacial score (nSPS) is 10.5. The quantitative estimate of drug-likeness (QED) is 0.761.